The van der Waals surface area contributed by atoms with Gasteiger partial charge in [-0.05, 0) is 34.5 Å². The lowest BCUT2D eigenvalue weighted by Crippen LogP contribution is -2.07. The molecule has 1 aliphatic carbocycles. The van der Waals surface area contributed by atoms with Crippen molar-refractivity contribution in [3.63, 3.8) is 0 Å². The van der Waals surface area contributed by atoms with Gasteiger partial charge in [-0.15, -0.1) is 0 Å². The number of hydrogen-bond donors (Lipinski definition) is 0. The first-order valence-corrected chi connectivity index (χ1v) is 5.53. The van der Waals surface area contributed by atoms with Gasteiger partial charge in [0.25, 0.3) is 0 Å². The van der Waals surface area contributed by atoms with Crippen LogP contribution in [0.5, 0.6) is 0 Å². The second-order valence-corrected chi connectivity index (χ2v) is 3.99. The van der Waals surface area contributed by atoms with Crippen LogP contribution in [0.2, 0.25) is 0 Å². The average Bonchev–Trinajstić information content (AvgIpc) is 2.57. The van der Waals surface area contributed by atoms with Gasteiger partial charge in [-0.3, -0.25) is 4.98 Å². The van der Waals surface area contributed by atoms with Gasteiger partial charge in [-0.2, -0.15) is 0 Å². The highest BCUT2D eigenvalue weighted by Crippen LogP contribution is 2.35. The Morgan fingerprint density at radius 2 is 2.47 bits per heavy atom. The lowest BCUT2D eigenvalue weighted by atomic mass is 10.2. The van der Waals surface area contributed by atoms with E-state index in [2.05, 4.69) is 20.9 Å². The lowest BCUT2D eigenvalue weighted by molar-refractivity contribution is -0.138. The van der Waals surface area contributed by atoms with Crippen molar-refractivity contribution in [1.29, 1.82) is 0 Å². The summed E-state index contributed by atoms with van der Waals surface area (Å²) in [6.45, 7) is 2.19. The maximum atomic E-state index is 11.6. The highest BCUT2D eigenvalue weighted by molar-refractivity contribution is 9.15. The number of aromatic nitrogens is 1. The molecule has 3 nitrogen and oxygen atoms in total. The molecule has 0 unspecified atom stereocenters. The van der Waals surface area contributed by atoms with Crippen molar-refractivity contribution in [3.05, 3.63) is 35.2 Å². The molecule has 4 heteroatoms. The Balaban J connectivity index is 2.33. The Morgan fingerprint density at radius 1 is 1.67 bits per heavy atom. The lowest BCUT2D eigenvalue weighted by Gasteiger charge is -2.01. The number of carbonyl (C=O) groups is 1. The number of halogens is 1. The van der Waals surface area contributed by atoms with E-state index in [1.54, 1.807) is 13.1 Å². The Kier molecular flexibility index (Phi) is 2.86. The Morgan fingerprint density at radius 3 is 3.13 bits per heavy atom. The summed E-state index contributed by atoms with van der Waals surface area (Å²) in [7, 11) is 0. The van der Waals surface area contributed by atoms with Crippen molar-refractivity contribution < 1.29 is 9.53 Å². The molecule has 1 heterocycles. The van der Waals surface area contributed by atoms with Gasteiger partial charge in [0.05, 0.1) is 22.4 Å². The first kappa shape index (κ1) is 10.4. The van der Waals surface area contributed by atoms with Gasteiger partial charge in [-0.1, -0.05) is 6.07 Å². The first-order chi connectivity index (χ1) is 7.24. The number of esters is 1. The molecular weight excluding hydrogens is 258 g/mol. The summed E-state index contributed by atoms with van der Waals surface area (Å²) in [4.78, 5) is 15.8. The minimum atomic E-state index is -0.262. The van der Waals surface area contributed by atoms with E-state index in [4.69, 9.17) is 4.74 Å². The van der Waals surface area contributed by atoms with Gasteiger partial charge in [0.2, 0.25) is 0 Å². The molecule has 0 spiro atoms. The fourth-order valence-electron chi connectivity index (χ4n) is 1.57. The van der Waals surface area contributed by atoms with E-state index in [1.165, 1.54) is 0 Å². The quantitative estimate of drug-likeness (QED) is 0.772. The minimum absolute atomic E-state index is 0.262. The van der Waals surface area contributed by atoms with Crippen molar-refractivity contribution in [3.8, 4) is 0 Å². The van der Waals surface area contributed by atoms with Gasteiger partial charge in [0.15, 0.2) is 0 Å². The second-order valence-electron chi connectivity index (χ2n) is 3.20. The molecule has 78 valence electrons. The maximum absolute atomic E-state index is 11.6. The number of fused-ring (bicyclic) bond motifs is 1. The van der Waals surface area contributed by atoms with E-state index >= 15 is 0 Å². The zero-order valence-electron chi connectivity index (χ0n) is 8.29. The molecule has 0 saturated carbocycles. The van der Waals surface area contributed by atoms with Crippen LogP contribution in [0.1, 0.15) is 18.2 Å². The molecule has 1 aromatic heterocycles. The number of ether oxygens (including phenoxy) is 1. The van der Waals surface area contributed by atoms with E-state index < -0.39 is 0 Å². The number of hydrogen-bond acceptors (Lipinski definition) is 3. The molecule has 0 saturated heterocycles. The molecule has 15 heavy (non-hydrogen) atoms. The Hall–Kier alpha value is -1.16. The third kappa shape index (κ3) is 1.81. The van der Waals surface area contributed by atoms with Crippen LogP contribution in [0.25, 0.3) is 4.48 Å². The molecule has 1 aliphatic rings. The number of rotatable bonds is 2. The van der Waals surface area contributed by atoms with Gasteiger partial charge in [-0.25, -0.2) is 4.79 Å². The fourth-order valence-corrected chi connectivity index (χ4v) is 2.23. The third-order valence-electron chi connectivity index (χ3n) is 2.25. The van der Waals surface area contributed by atoms with E-state index in [1.807, 2.05) is 12.1 Å². The topological polar surface area (TPSA) is 39.2 Å². The first-order valence-electron chi connectivity index (χ1n) is 4.74. The summed E-state index contributed by atoms with van der Waals surface area (Å²) < 4.78 is 5.73. The van der Waals surface area contributed by atoms with Crippen LogP contribution in [-0.4, -0.2) is 17.6 Å². The summed E-state index contributed by atoms with van der Waals surface area (Å²) in [6, 6.07) is 3.84. The predicted molar refractivity (Wildman–Crippen MR) is 60.4 cm³/mol. The molecule has 0 fully saturated rings. The number of nitrogens with zero attached hydrogens (tertiary/aromatic N) is 1. The highest BCUT2D eigenvalue weighted by Gasteiger charge is 2.26. The van der Waals surface area contributed by atoms with Crippen LogP contribution in [0.3, 0.4) is 0 Å². The molecule has 0 N–H and O–H groups in total. The molecule has 0 aliphatic heterocycles. The van der Waals surface area contributed by atoms with Crippen LogP contribution >= 0.6 is 15.9 Å². The maximum Gasteiger partial charge on any atom is 0.335 e. The van der Waals surface area contributed by atoms with Crippen LogP contribution in [-0.2, 0) is 16.0 Å². The molecule has 0 bridgehead atoms. The van der Waals surface area contributed by atoms with Gasteiger partial charge >= 0.3 is 5.97 Å². The van der Waals surface area contributed by atoms with Crippen LogP contribution < -0.4 is 0 Å². The summed E-state index contributed by atoms with van der Waals surface area (Å²) >= 11 is 3.39. The van der Waals surface area contributed by atoms with Crippen molar-refractivity contribution in [2.75, 3.05) is 6.61 Å². The average molecular weight is 268 g/mol. The van der Waals surface area contributed by atoms with Gasteiger partial charge in [0.1, 0.15) is 0 Å². The fraction of sp³-hybridized carbons (Fsp3) is 0.273. The molecule has 1 aromatic rings. The van der Waals surface area contributed by atoms with Crippen LogP contribution in [0, 0.1) is 0 Å². The largest absolute Gasteiger partial charge is 0.463 e. The van der Waals surface area contributed by atoms with E-state index in [0.29, 0.717) is 18.6 Å². The van der Waals surface area contributed by atoms with Crippen molar-refractivity contribution in [2.45, 2.75) is 13.3 Å². The second kappa shape index (κ2) is 4.14. The molecule has 0 radical (unpaired) electrons. The summed E-state index contributed by atoms with van der Waals surface area (Å²) in [6.07, 6.45) is 2.32. The van der Waals surface area contributed by atoms with Crippen molar-refractivity contribution in [1.82, 2.24) is 4.98 Å². The molecule has 0 aromatic carbocycles. The van der Waals surface area contributed by atoms with E-state index in [-0.39, 0.29) is 5.97 Å². The van der Waals surface area contributed by atoms with Crippen LogP contribution in [0.4, 0.5) is 0 Å². The monoisotopic (exact) mass is 267 g/mol. The Bertz CT molecular complexity index is 440. The van der Waals surface area contributed by atoms with Crippen molar-refractivity contribution in [2.24, 2.45) is 0 Å². The zero-order valence-corrected chi connectivity index (χ0v) is 9.87. The Labute approximate surface area is 96.3 Å². The summed E-state index contributed by atoms with van der Waals surface area (Å²) in [5.74, 6) is -0.262. The smallest absolute Gasteiger partial charge is 0.335 e. The summed E-state index contributed by atoms with van der Waals surface area (Å²) in [5, 5.41) is 0. The molecule has 0 amide bonds. The third-order valence-corrected chi connectivity index (χ3v) is 3.11. The molecule has 0 atom stereocenters. The predicted octanol–water partition coefficient (Wildman–Crippen LogP) is 2.31. The zero-order chi connectivity index (χ0) is 10.8. The van der Waals surface area contributed by atoms with E-state index in [9.17, 15) is 4.79 Å². The SMILES string of the molecule is CCOC(=O)C1=C(Br)c2ncccc2C1. The standard InChI is InChI=1S/C11H10BrNO2/c1-2-15-11(14)8-6-7-4-3-5-13-10(7)9(8)12/h3-5H,2,6H2,1H3. The molecule has 2 rings (SSSR count). The number of pyridine rings is 1. The van der Waals surface area contributed by atoms with Gasteiger partial charge < -0.3 is 4.74 Å². The summed E-state index contributed by atoms with van der Waals surface area (Å²) in [5.41, 5.74) is 2.57. The molecular formula is C11H10BrNO2. The number of carbonyl (C=O) groups excluding carboxylic acids is 1. The van der Waals surface area contributed by atoms with Crippen molar-refractivity contribution >= 4 is 26.4 Å². The van der Waals surface area contributed by atoms with Gasteiger partial charge in [0, 0.05) is 12.6 Å². The van der Waals surface area contributed by atoms with Crippen LogP contribution in [0.15, 0.2) is 23.9 Å². The normalized spacial score (nSPS) is 14.0. The van der Waals surface area contributed by atoms with E-state index in [0.717, 1.165) is 15.7 Å². The highest BCUT2D eigenvalue weighted by atomic mass is 79.9. The minimum Gasteiger partial charge on any atom is -0.463 e.